The van der Waals surface area contributed by atoms with Gasteiger partial charge >= 0.3 is 0 Å². The molecule has 1 amide bonds. The van der Waals surface area contributed by atoms with Crippen molar-refractivity contribution in [2.24, 2.45) is 0 Å². The summed E-state index contributed by atoms with van der Waals surface area (Å²) in [5, 5.41) is 14.7. The molecule has 0 saturated carbocycles. The fraction of sp³-hybridized carbons (Fsp3) is 0.150. The average Bonchev–Trinajstić information content (AvgIpc) is 3.18. The highest BCUT2D eigenvalue weighted by Gasteiger charge is 2.38. The number of rotatable bonds is 7. The Kier molecular flexibility index (Phi) is 5.60. The van der Waals surface area contributed by atoms with Crippen LogP contribution in [0.3, 0.4) is 0 Å². The van der Waals surface area contributed by atoms with Crippen molar-refractivity contribution >= 4 is 17.2 Å². The summed E-state index contributed by atoms with van der Waals surface area (Å²) in [6, 6.07) is 20.7. The van der Waals surface area contributed by atoms with Gasteiger partial charge in [-0.3, -0.25) is 9.63 Å². The Balaban J connectivity index is 1.71. The lowest BCUT2D eigenvalue weighted by molar-refractivity contribution is -0.155. The van der Waals surface area contributed by atoms with Crippen molar-refractivity contribution in [3.8, 4) is 0 Å². The molecule has 1 unspecified atom stereocenters. The monoisotopic (exact) mass is 353 g/mol. The highest BCUT2D eigenvalue weighted by Crippen LogP contribution is 2.28. The maximum atomic E-state index is 12.7. The molecule has 0 aliphatic carbocycles. The molecule has 128 valence electrons. The van der Waals surface area contributed by atoms with Crippen molar-refractivity contribution in [2.45, 2.75) is 18.6 Å². The standard InChI is InChI=1S/C20H19NO3S/c22-19(21-24-14-17-9-5-2-6-10-17)20(23,18-11-12-25-15-18)13-16-7-3-1-4-8-16/h1-12,15,23H,13-14H2,(H,21,22). The van der Waals surface area contributed by atoms with E-state index in [1.165, 1.54) is 11.3 Å². The lowest BCUT2D eigenvalue weighted by atomic mass is 9.88. The van der Waals surface area contributed by atoms with E-state index in [1.807, 2.05) is 66.0 Å². The van der Waals surface area contributed by atoms with Crippen LogP contribution >= 0.6 is 11.3 Å². The van der Waals surface area contributed by atoms with E-state index in [2.05, 4.69) is 5.48 Å². The van der Waals surface area contributed by atoms with E-state index in [-0.39, 0.29) is 13.0 Å². The second kappa shape index (κ2) is 8.07. The van der Waals surface area contributed by atoms with Crippen LogP contribution in [0.5, 0.6) is 0 Å². The van der Waals surface area contributed by atoms with E-state index >= 15 is 0 Å². The van der Waals surface area contributed by atoms with Crippen molar-refractivity contribution in [1.29, 1.82) is 0 Å². The van der Waals surface area contributed by atoms with Gasteiger partial charge in [-0.2, -0.15) is 11.3 Å². The molecule has 4 nitrogen and oxygen atoms in total. The quantitative estimate of drug-likeness (QED) is 0.640. The normalized spacial score (nSPS) is 13.2. The molecule has 1 heterocycles. The zero-order valence-electron chi connectivity index (χ0n) is 13.6. The van der Waals surface area contributed by atoms with Gasteiger partial charge in [0.2, 0.25) is 0 Å². The van der Waals surface area contributed by atoms with E-state index in [0.29, 0.717) is 5.56 Å². The molecule has 0 aliphatic heterocycles. The number of hydroxylamine groups is 1. The Labute approximate surface area is 150 Å². The van der Waals surface area contributed by atoms with Crippen LogP contribution in [0.1, 0.15) is 16.7 Å². The van der Waals surface area contributed by atoms with Gasteiger partial charge in [0.05, 0.1) is 6.61 Å². The summed E-state index contributed by atoms with van der Waals surface area (Å²) in [6.07, 6.45) is 0.172. The lowest BCUT2D eigenvalue weighted by Crippen LogP contribution is -2.45. The van der Waals surface area contributed by atoms with Crippen LogP contribution in [0.15, 0.2) is 77.5 Å². The Morgan fingerprint density at radius 2 is 1.64 bits per heavy atom. The summed E-state index contributed by atoms with van der Waals surface area (Å²) >= 11 is 1.43. The minimum absolute atomic E-state index is 0.172. The Hall–Kier alpha value is -2.47. The maximum Gasteiger partial charge on any atom is 0.280 e. The molecule has 5 heteroatoms. The molecule has 0 spiro atoms. The molecule has 0 radical (unpaired) electrons. The first-order chi connectivity index (χ1) is 12.2. The zero-order valence-corrected chi connectivity index (χ0v) is 14.4. The van der Waals surface area contributed by atoms with Gasteiger partial charge in [-0.1, -0.05) is 60.7 Å². The topological polar surface area (TPSA) is 58.6 Å². The van der Waals surface area contributed by atoms with E-state index in [1.54, 1.807) is 11.4 Å². The number of thiophene rings is 1. The van der Waals surface area contributed by atoms with Crippen molar-refractivity contribution in [1.82, 2.24) is 5.48 Å². The van der Waals surface area contributed by atoms with Gasteiger partial charge < -0.3 is 5.11 Å². The number of hydrogen-bond donors (Lipinski definition) is 2. The van der Waals surface area contributed by atoms with E-state index < -0.39 is 11.5 Å². The SMILES string of the molecule is O=C(NOCc1ccccc1)C(O)(Cc1ccccc1)c1ccsc1. The van der Waals surface area contributed by atoms with Crippen LogP contribution in [-0.2, 0) is 28.3 Å². The van der Waals surface area contributed by atoms with Gasteiger partial charge in [0.15, 0.2) is 5.60 Å². The van der Waals surface area contributed by atoms with Crippen molar-refractivity contribution in [3.63, 3.8) is 0 Å². The Bertz CT molecular complexity index is 790. The number of aliphatic hydroxyl groups is 1. The van der Waals surface area contributed by atoms with Gasteiger partial charge in [0.25, 0.3) is 5.91 Å². The number of amides is 1. The van der Waals surface area contributed by atoms with Gasteiger partial charge in [0.1, 0.15) is 0 Å². The van der Waals surface area contributed by atoms with E-state index in [9.17, 15) is 9.90 Å². The first-order valence-corrected chi connectivity index (χ1v) is 8.88. The van der Waals surface area contributed by atoms with Crippen LogP contribution in [0.4, 0.5) is 0 Å². The molecule has 0 fully saturated rings. The van der Waals surface area contributed by atoms with Gasteiger partial charge in [-0.15, -0.1) is 0 Å². The van der Waals surface area contributed by atoms with Crippen LogP contribution in [-0.4, -0.2) is 11.0 Å². The third kappa shape index (κ3) is 4.33. The molecule has 2 aromatic carbocycles. The van der Waals surface area contributed by atoms with Crippen molar-refractivity contribution < 1.29 is 14.7 Å². The molecule has 0 saturated heterocycles. The number of benzene rings is 2. The maximum absolute atomic E-state index is 12.7. The summed E-state index contributed by atoms with van der Waals surface area (Å²) < 4.78 is 0. The minimum atomic E-state index is -1.68. The molecule has 2 N–H and O–H groups in total. The number of hydrogen-bond acceptors (Lipinski definition) is 4. The predicted molar refractivity (Wildman–Crippen MR) is 97.7 cm³/mol. The lowest BCUT2D eigenvalue weighted by Gasteiger charge is -2.26. The molecule has 0 bridgehead atoms. The fourth-order valence-corrected chi connectivity index (χ4v) is 3.27. The van der Waals surface area contributed by atoms with Crippen LogP contribution in [0, 0.1) is 0 Å². The smallest absolute Gasteiger partial charge is 0.280 e. The van der Waals surface area contributed by atoms with Gasteiger partial charge in [-0.05, 0) is 28.0 Å². The van der Waals surface area contributed by atoms with E-state index in [4.69, 9.17) is 4.84 Å². The Morgan fingerprint density at radius 3 is 2.24 bits per heavy atom. The summed E-state index contributed by atoms with van der Waals surface area (Å²) in [4.78, 5) is 18.0. The van der Waals surface area contributed by atoms with Crippen molar-refractivity contribution in [2.75, 3.05) is 0 Å². The van der Waals surface area contributed by atoms with Crippen LogP contribution in [0.25, 0.3) is 0 Å². The van der Waals surface area contributed by atoms with E-state index in [0.717, 1.165) is 11.1 Å². The van der Waals surface area contributed by atoms with Crippen LogP contribution in [0.2, 0.25) is 0 Å². The molecular weight excluding hydrogens is 334 g/mol. The predicted octanol–water partition coefficient (Wildman–Crippen LogP) is 3.43. The number of carbonyl (C=O) groups is 1. The first kappa shape index (κ1) is 17.4. The summed E-state index contributed by atoms with van der Waals surface area (Å²) in [6.45, 7) is 0.234. The van der Waals surface area contributed by atoms with Crippen molar-refractivity contribution in [3.05, 3.63) is 94.2 Å². The minimum Gasteiger partial charge on any atom is -0.375 e. The third-order valence-corrected chi connectivity index (χ3v) is 4.61. The van der Waals surface area contributed by atoms with Gasteiger partial charge in [0, 0.05) is 12.0 Å². The summed E-state index contributed by atoms with van der Waals surface area (Å²) in [7, 11) is 0. The highest BCUT2D eigenvalue weighted by molar-refractivity contribution is 7.08. The fourth-order valence-electron chi connectivity index (χ4n) is 2.55. The molecule has 3 aromatic rings. The summed E-state index contributed by atoms with van der Waals surface area (Å²) in [5.41, 5.74) is 3.08. The first-order valence-electron chi connectivity index (χ1n) is 7.93. The average molecular weight is 353 g/mol. The molecule has 1 aromatic heterocycles. The number of carbonyl (C=O) groups excluding carboxylic acids is 1. The molecule has 0 aliphatic rings. The Morgan fingerprint density at radius 1 is 1.00 bits per heavy atom. The molecule has 25 heavy (non-hydrogen) atoms. The van der Waals surface area contributed by atoms with Crippen LogP contribution < -0.4 is 5.48 Å². The highest BCUT2D eigenvalue weighted by atomic mass is 32.1. The summed E-state index contributed by atoms with van der Waals surface area (Å²) in [5.74, 6) is -0.578. The molecule has 1 atom stereocenters. The number of nitrogens with one attached hydrogen (secondary N) is 1. The second-order valence-corrected chi connectivity index (χ2v) is 6.52. The molecule has 3 rings (SSSR count). The zero-order chi connectivity index (χ0) is 17.5. The second-order valence-electron chi connectivity index (χ2n) is 5.74. The third-order valence-electron chi connectivity index (χ3n) is 3.92. The van der Waals surface area contributed by atoms with Gasteiger partial charge in [-0.25, -0.2) is 5.48 Å². The largest absolute Gasteiger partial charge is 0.375 e. The molecular formula is C20H19NO3S.